The maximum absolute atomic E-state index is 13.7. The Kier molecular flexibility index (Phi) is 3.02. The summed E-state index contributed by atoms with van der Waals surface area (Å²) in [5.74, 6) is 0.0607. The Labute approximate surface area is 96.9 Å². The molecule has 0 amide bonds. The van der Waals surface area contributed by atoms with E-state index in [4.69, 9.17) is 5.73 Å². The van der Waals surface area contributed by atoms with E-state index in [1.165, 1.54) is 6.07 Å². The van der Waals surface area contributed by atoms with Crippen LogP contribution >= 0.6 is 0 Å². The molecule has 1 saturated carbocycles. The molecule has 2 rings (SSSR count). The molecule has 0 aromatic heterocycles. The van der Waals surface area contributed by atoms with Crippen molar-refractivity contribution in [1.29, 1.82) is 0 Å². The topological polar surface area (TPSA) is 26.0 Å². The molecule has 1 aromatic rings. The lowest BCUT2D eigenvalue weighted by Gasteiger charge is -2.39. The van der Waals surface area contributed by atoms with Crippen molar-refractivity contribution in [1.82, 2.24) is 0 Å². The SMILES string of the molecule is CC1(C)CCC(N)C(c2ccccc2F)C1. The molecule has 0 radical (unpaired) electrons. The second-order valence-electron chi connectivity index (χ2n) is 5.70. The van der Waals surface area contributed by atoms with Crippen molar-refractivity contribution >= 4 is 0 Å². The van der Waals surface area contributed by atoms with Gasteiger partial charge in [0.1, 0.15) is 5.82 Å². The van der Waals surface area contributed by atoms with Crippen LogP contribution in [-0.2, 0) is 0 Å². The highest BCUT2D eigenvalue weighted by atomic mass is 19.1. The Morgan fingerprint density at radius 3 is 2.69 bits per heavy atom. The Morgan fingerprint density at radius 1 is 1.31 bits per heavy atom. The van der Waals surface area contributed by atoms with Crippen LogP contribution in [0.3, 0.4) is 0 Å². The van der Waals surface area contributed by atoms with Crippen LogP contribution in [0.2, 0.25) is 0 Å². The Bertz CT molecular complexity index is 373. The monoisotopic (exact) mass is 221 g/mol. The van der Waals surface area contributed by atoms with E-state index in [9.17, 15) is 4.39 Å². The van der Waals surface area contributed by atoms with Crippen LogP contribution < -0.4 is 5.73 Å². The van der Waals surface area contributed by atoms with Gasteiger partial charge in [-0.3, -0.25) is 0 Å². The highest BCUT2D eigenvalue weighted by Crippen LogP contribution is 2.43. The van der Waals surface area contributed by atoms with Crippen molar-refractivity contribution < 1.29 is 4.39 Å². The Morgan fingerprint density at radius 2 is 2.00 bits per heavy atom. The maximum atomic E-state index is 13.7. The van der Waals surface area contributed by atoms with Gasteiger partial charge in [0, 0.05) is 12.0 Å². The van der Waals surface area contributed by atoms with E-state index in [0.29, 0.717) is 0 Å². The van der Waals surface area contributed by atoms with Gasteiger partial charge in [0.25, 0.3) is 0 Å². The summed E-state index contributed by atoms with van der Waals surface area (Å²) < 4.78 is 13.7. The molecule has 2 atom stereocenters. The lowest BCUT2D eigenvalue weighted by atomic mass is 9.68. The average molecular weight is 221 g/mol. The van der Waals surface area contributed by atoms with Gasteiger partial charge in [0.2, 0.25) is 0 Å². The molecule has 1 aliphatic rings. The van der Waals surface area contributed by atoms with Gasteiger partial charge < -0.3 is 5.73 Å². The van der Waals surface area contributed by atoms with E-state index in [-0.39, 0.29) is 23.2 Å². The van der Waals surface area contributed by atoms with Crippen molar-refractivity contribution in [2.45, 2.75) is 45.1 Å². The normalized spacial score (nSPS) is 29.0. The molecule has 16 heavy (non-hydrogen) atoms. The van der Waals surface area contributed by atoms with Crippen LogP contribution in [-0.4, -0.2) is 6.04 Å². The molecule has 0 saturated heterocycles. The zero-order chi connectivity index (χ0) is 11.8. The van der Waals surface area contributed by atoms with Crippen molar-refractivity contribution in [3.8, 4) is 0 Å². The molecule has 0 bridgehead atoms. The molecule has 1 aromatic carbocycles. The molecule has 1 aliphatic carbocycles. The summed E-state index contributed by atoms with van der Waals surface area (Å²) in [7, 11) is 0. The predicted molar refractivity (Wildman–Crippen MR) is 64.7 cm³/mol. The summed E-state index contributed by atoms with van der Waals surface area (Å²) in [6.07, 6.45) is 3.11. The third kappa shape index (κ3) is 2.27. The molecule has 2 heteroatoms. The first-order chi connectivity index (χ1) is 7.49. The standard InChI is InChI=1S/C14H20FN/c1-14(2)8-7-13(16)11(9-14)10-5-3-4-6-12(10)15/h3-6,11,13H,7-9,16H2,1-2H3. The van der Waals surface area contributed by atoms with Gasteiger partial charge in [-0.15, -0.1) is 0 Å². The van der Waals surface area contributed by atoms with Crippen molar-refractivity contribution in [2.75, 3.05) is 0 Å². The zero-order valence-corrected chi connectivity index (χ0v) is 10.0. The highest BCUT2D eigenvalue weighted by Gasteiger charge is 2.34. The van der Waals surface area contributed by atoms with Gasteiger partial charge >= 0.3 is 0 Å². The summed E-state index contributed by atoms with van der Waals surface area (Å²) in [6.45, 7) is 4.49. The van der Waals surface area contributed by atoms with Crippen LogP contribution in [0.15, 0.2) is 24.3 Å². The lowest BCUT2D eigenvalue weighted by Crippen LogP contribution is -2.38. The first kappa shape index (κ1) is 11.6. The lowest BCUT2D eigenvalue weighted by molar-refractivity contribution is 0.196. The molecule has 0 heterocycles. The van der Waals surface area contributed by atoms with E-state index < -0.39 is 0 Å². The van der Waals surface area contributed by atoms with Crippen molar-refractivity contribution in [3.63, 3.8) is 0 Å². The second kappa shape index (κ2) is 4.17. The predicted octanol–water partition coefficient (Wildman–Crippen LogP) is 3.45. The molecule has 1 fully saturated rings. The summed E-state index contributed by atoms with van der Waals surface area (Å²) in [6, 6.07) is 7.14. The summed E-state index contributed by atoms with van der Waals surface area (Å²) in [5.41, 5.74) is 7.21. The van der Waals surface area contributed by atoms with Gasteiger partial charge in [-0.2, -0.15) is 0 Å². The molecular formula is C14H20FN. The number of hydrogen-bond donors (Lipinski definition) is 1. The second-order valence-corrected chi connectivity index (χ2v) is 5.70. The number of halogens is 1. The molecule has 1 nitrogen and oxygen atoms in total. The van der Waals surface area contributed by atoms with Crippen LogP contribution in [0.25, 0.3) is 0 Å². The third-order valence-corrected chi connectivity index (χ3v) is 3.75. The van der Waals surface area contributed by atoms with Crippen LogP contribution in [0.4, 0.5) is 4.39 Å². The van der Waals surface area contributed by atoms with Crippen LogP contribution in [0.1, 0.15) is 44.6 Å². The number of hydrogen-bond acceptors (Lipinski definition) is 1. The summed E-state index contributed by atoms with van der Waals surface area (Å²) in [5, 5.41) is 0. The maximum Gasteiger partial charge on any atom is 0.126 e. The number of benzene rings is 1. The Balaban J connectivity index is 2.28. The van der Waals surface area contributed by atoms with E-state index in [2.05, 4.69) is 13.8 Å². The van der Waals surface area contributed by atoms with E-state index in [0.717, 1.165) is 24.8 Å². The van der Waals surface area contributed by atoms with Crippen LogP contribution in [0, 0.1) is 11.2 Å². The Hall–Kier alpha value is -0.890. The summed E-state index contributed by atoms with van der Waals surface area (Å²) in [4.78, 5) is 0. The van der Waals surface area contributed by atoms with Gasteiger partial charge in [0.15, 0.2) is 0 Å². The smallest absolute Gasteiger partial charge is 0.126 e. The van der Waals surface area contributed by atoms with Gasteiger partial charge in [-0.1, -0.05) is 32.0 Å². The summed E-state index contributed by atoms with van der Waals surface area (Å²) >= 11 is 0. The molecule has 88 valence electrons. The van der Waals surface area contributed by atoms with Gasteiger partial charge in [0.05, 0.1) is 0 Å². The first-order valence-corrected chi connectivity index (χ1v) is 6.00. The minimum absolute atomic E-state index is 0.102. The third-order valence-electron chi connectivity index (χ3n) is 3.75. The highest BCUT2D eigenvalue weighted by molar-refractivity contribution is 5.24. The van der Waals surface area contributed by atoms with Gasteiger partial charge in [-0.05, 0) is 36.3 Å². The average Bonchev–Trinajstić information content (AvgIpc) is 2.23. The van der Waals surface area contributed by atoms with E-state index in [1.54, 1.807) is 6.07 Å². The quantitative estimate of drug-likeness (QED) is 0.772. The van der Waals surface area contributed by atoms with Crippen molar-refractivity contribution in [3.05, 3.63) is 35.6 Å². The molecule has 0 spiro atoms. The number of nitrogens with two attached hydrogens (primary N) is 1. The van der Waals surface area contributed by atoms with Crippen molar-refractivity contribution in [2.24, 2.45) is 11.1 Å². The fourth-order valence-corrected chi connectivity index (χ4v) is 2.72. The zero-order valence-electron chi connectivity index (χ0n) is 10.0. The fraction of sp³-hybridized carbons (Fsp3) is 0.571. The molecule has 2 N–H and O–H groups in total. The fourth-order valence-electron chi connectivity index (χ4n) is 2.72. The minimum atomic E-state index is -0.111. The van der Waals surface area contributed by atoms with E-state index >= 15 is 0 Å². The van der Waals surface area contributed by atoms with E-state index in [1.807, 2.05) is 12.1 Å². The number of rotatable bonds is 1. The van der Waals surface area contributed by atoms with Gasteiger partial charge in [-0.25, -0.2) is 4.39 Å². The molecule has 2 unspecified atom stereocenters. The van der Waals surface area contributed by atoms with Crippen LogP contribution in [0.5, 0.6) is 0 Å². The molecular weight excluding hydrogens is 201 g/mol. The molecule has 0 aliphatic heterocycles. The largest absolute Gasteiger partial charge is 0.327 e. The minimum Gasteiger partial charge on any atom is -0.327 e. The first-order valence-electron chi connectivity index (χ1n) is 6.00.